The highest BCUT2D eigenvalue weighted by atomic mass is 32.1. The minimum Gasteiger partial charge on any atom is -0.323 e. The van der Waals surface area contributed by atoms with Gasteiger partial charge in [0.25, 0.3) is 0 Å². The van der Waals surface area contributed by atoms with Gasteiger partial charge in [-0.3, -0.25) is 19.4 Å². The van der Waals surface area contributed by atoms with Crippen molar-refractivity contribution in [3.63, 3.8) is 0 Å². The minimum absolute atomic E-state index is 0.0176. The van der Waals surface area contributed by atoms with E-state index in [9.17, 15) is 9.59 Å². The summed E-state index contributed by atoms with van der Waals surface area (Å²) in [6, 6.07) is 9.35. The van der Waals surface area contributed by atoms with Crippen LogP contribution in [0.15, 0.2) is 35.7 Å². The van der Waals surface area contributed by atoms with Gasteiger partial charge in [0, 0.05) is 18.0 Å². The van der Waals surface area contributed by atoms with Gasteiger partial charge in [0.05, 0.1) is 17.4 Å². The second-order valence-corrected chi connectivity index (χ2v) is 7.26. The van der Waals surface area contributed by atoms with E-state index < -0.39 is 0 Å². The van der Waals surface area contributed by atoms with Gasteiger partial charge in [-0.1, -0.05) is 12.1 Å². The maximum Gasteiger partial charge on any atom is 0.244 e. The van der Waals surface area contributed by atoms with Crippen molar-refractivity contribution in [2.75, 3.05) is 23.3 Å². The number of hydrogen-bond donors (Lipinski definition) is 1. The molecule has 24 heavy (non-hydrogen) atoms. The molecule has 0 saturated carbocycles. The molecule has 0 aliphatic carbocycles. The third-order valence-electron chi connectivity index (χ3n) is 4.78. The van der Waals surface area contributed by atoms with Crippen LogP contribution in [0.2, 0.25) is 0 Å². The largest absolute Gasteiger partial charge is 0.323 e. The summed E-state index contributed by atoms with van der Waals surface area (Å²) in [6.07, 6.45) is 0.988. The molecule has 1 atom stereocenters. The Kier molecular flexibility index (Phi) is 3.86. The van der Waals surface area contributed by atoms with Crippen LogP contribution in [0.3, 0.4) is 0 Å². The van der Waals surface area contributed by atoms with Gasteiger partial charge in [-0.15, -0.1) is 11.3 Å². The monoisotopic (exact) mass is 341 g/mol. The van der Waals surface area contributed by atoms with Gasteiger partial charge >= 0.3 is 0 Å². The van der Waals surface area contributed by atoms with Crippen molar-refractivity contribution in [3.8, 4) is 0 Å². The van der Waals surface area contributed by atoms with Crippen LogP contribution in [0.5, 0.6) is 0 Å². The lowest BCUT2D eigenvalue weighted by Gasteiger charge is -2.36. The second-order valence-electron chi connectivity index (χ2n) is 6.26. The van der Waals surface area contributed by atoms with E-state index in [0.717, 1.165) is 25.2 Å². The molecule has 1 aromatic carbocycles. The van der Waals surface area contributed by atoms with Crippen molar-refractivity contribution in [1.29, 1.82) is 0 Å². The minimum atomic E-state index is -0.253. The van der Waals surface area contributed by atoms with E-state index in [0.29, 0.717) is 5.69 Å². The Balaban J connectivity index is 1.57. The summed E-state index contributed by atoms with van der Waals surface area (Å²) in [7, 11) is 0. The number of amides is 2. The zero-order valence-corrected chi connectivity index (χ0v) is 14.3. The van der Waals surface area contributed by atoms with E-state index in [2.05, 4.69) is 21.7 Å². The molecular weight excluding hydrogens is 322 g/mol. The average molecular weight is 341 g/mol. The van der Waals surface area contributed by atoms with Crippen LogP contribution in [-0.4, -0.2) is 35.8 Å². The molecule has 6 heteroatoms. The first-order valence-electron chi connectivity index (χ1n) is 8.13. The van der Waals surface area contributed by atoms with E-state index in [1.165, 1.54) is 10.4 Å². The molecule has 2 aliphatic heterocycles. The number of nitrogens with zero attached hydrogens (tertiary/aromatic N) is 2. The predicted octanol–water partition coefficient (Wildman–Crippen LogP) is 2.48. The molecule has 2 aromatic rings. The Bertz CT molecular complexity index is 801. The van der Waals surface area contributed by atoms with Crippen LogP contribution in [-0.2, 0) is 22.6 Å². The van der Waals surface area contributed by atoms with Crippen LogP contribution in [0.4, 0.5) is 11.4 Å². The summed E-state index contributed by atoms with van der Waals surface area (Å²) in [4.78, 5) is 30.3. The molecule has 124 valence electrons. The van der Waals surface area contributed by atoms with Crippen molar-refractivity contribution < 1.29 is 9.59 Å². The summed E-state index contributed by atoms with van der Waals surface area (Å²) >= 11 is 1.79. The van der Waals surface area contributed by atoms with Crippen molar-refractivity contribution in [2.24, 2.45) is 0 Å². The van der Waals surface area contributed by atoms with E-state index in [4.69, 9.17) is 0 Å². The summed E-state index contributed by atoms with van der Waals surface area (Å²) in [5, 5.41) is 4.94. The molecule has 5 nitrogen and oxygen atoms in total. The van der Waals surface area contributed by atoms with E-state index in [1.807, 2.05) is 31.2 Å². The molecule has 0 fully saturated rings. The van der Waals surface area contributed by atoms with Crippen molar-refractivity contribution in [2.45, 2.75) is 25.9 Å². The molecule has 3 heterocycles. The quantitative estimate of drug-likeness (QED) is 0.913. The molecule has 2 aliphatic rings. The van der Waals surface area contributed by atoms with Crippen LogP contribution in [0.25, 0.3) is 0 Å². The maximum atomic E-state index is 13.1. The first-order valence-corrected chi connectivity index (χ1v) is 9.01. The lowest BCUT2D eigenvalue weighted by Crippen LogP contribution is -2.52. The Morgan fingerprint density at radius 3 is 2.96 bits per heavy atom. The number of rotatable bonds is 2. The molecule has 4 rings (SSSR count). The van der Waals surface area contributed by atoms with Gasteiger partial charge in [0.1, 0.15) is 6.54 Å². The fraction of sp³-hybridized carbons (Fsp3) is 0.333. The molecule has 0 saturated heterocycles. The van der Waals surface area contributed by atoms with Crippen LogP contribution < -0.4 is 10.2 Å². The number of benzene rings is 1. The maximum absolute atomic E-state index is 13.1. The Morgan fingerprint density at radius 2 is 2.08 bits per heavy atom. The van der Waals surface area contributed by atoms with E-state index in [1.54, 1.807) is 16.2 Å². The van der Waals surface area contributed by atoms with Gasteiger partial charge in [-0.25, -0.2) is 0 Å². The zero-order valence-electron chi connectivity index (χ0n) is 13.5. The average Bonchev–Trinajstić information content (AvgIpc) is 3.07. The number of nitrogens with one attached hydrogen (secondary N) is 1. The molecule has 0 radical (unpaired) electrons. The smallest absolute Gasteiger partial charge is 0.244 e. The molecule has 2 amide bonds. The highest BCUT2D eigenvalue weighted by molar-refractivity contribution is 7.10. The molecule has 1 aromatic heterocycles. The Hall–Kier alpha value is -2.18. The summed E-state index contributed by atoms with van der Waals surface area (Å²) in [5.74, 6) is -0.163. The number of para-hydroxylation sites is 2. The molecule has 0 bridgehead atoms. The Morgan fingerprint density at radius 1 is 1.25 bits per heavy atom. The van der Waals surface area contributed by atoms with Gasteiger partial charge in [0.2, 0.25) is 11.8 Å². The molecular formula is C18H19N3O2S. The van der Waals surface area contributed by atoms with E-state index >= 15 is 0 Å². The second kappa shape index (κ2) is 6.03. The number of fused-ring (bicyclic) bond motifs is 2. The summed E-state index contributed by atoms with van der Waals surface area (Å²) in [6.45, 7) is 3.70. The van der Waals surface area contributed by atoms with Crippen LogP contribution in [0, 0.1) is 0 Å². The SMILES string of the molecule is CC(C(=O)N1CC(=O)Nc2ccccc21)N1CCc2sccc2C1. The fourth-order valence-corrected chi connectivity index (χ4v) is 4.30. The number of hydrogen-bond acceptors (Lipinski definition) is 4. The van der Waals surface area contributed by atoms with Crippen LogP contribution >= 0.6 is 11.3 Å². The highest BCUT2D eigenvalue weighted by Crippen LogP contribution is 2.31. The number of carbonyl (C=O) groups is 2. The summed E-state index contributed by atoms with van der Waals surface area (Å²) in [5.41, 5.74) is 2.80. The van der Waals surface area contributed by atoms with E-state index in [-0.39, 0.29) is 24.4 Å². The number of anilines is 2. The summed E-state index contributed by atoms with van der Waals surface area (Å²) < 4.78 is 0. The number of thiophene rings is 1. The first-order chi connectivity index (χ1) is 11.6. The van der Waals surface area contributed by atoms with Gasteiger partial charge < -0.3 is 5.32 Å². The normalized spacial score (nSPS) is 18.5. The standard InChI is InChI=1S/C18H19N3O2S/c1-12(20-8-6-16-13(10-20)7-9-24-16)18(23)21-11-17(22)19-14-4-2-3-5-15(14)21/h2-5,7,9,12H,6,8,10-11H2,1H3,(H,19,22). The third kappa shape index (κ3) is 2.61. The first kappa shape index (κ1) is 15.4. The van der Waals surface area contributed by atoms with Crippen molar-refractivity contribution in [3.05, 3.63) is 46.2 Å². The lowest BCUT2D eigenvalue weighted by molar-refractivity contribution is -0.125. The molecule has 1 unspecified atom stereocenters. The van der Waals surface area contributed by atoms with Crippen molar-refractivity contribution >= 4 is 34.5 Å². The predicted molar refractivity (Wildman–Crippen MR) is 95.3 cm³/mol. The van der Waals surface area contributed by atoms with Gasteiger partial charge in [-0.2, -0.15) is 0 Å². The zero-order chi connectivity index (χ0) is 16.7. The topological polar surface area (TPSA) is 52.7 Å². The number of carbonyl (C=O) groups excluding carboxylic acids is 2. The third-order valence-corrected chi connectivity index (χ3v) is 5.80. The van der Waals surface area contributed by atoms with Gasteiger partial charge in [-0.05, 0) is 42.5 Å². The van der Waals surface area contributed by atoms with Crippen molar-refractivity contribution in [1.82, 2.24) is 4.90 Å². The Labute approximate surface area is 144 Å². The molecule has 1 N–H and O–H groups in total. The van der Waals surface area contributed by atoms with Crippen LogP contribution in [0.1, 0.15) is 17.4 Å². The van der Waals surface area contributed by atoms with Gasteiger partial charge in [0.15, 0.2) is 0 Å². The highest BCUT2D eigenvalue weighted by Gasteiger charge is 2.33. The molecule has 0 spiro atoms. The lowest BCUT2D eigenvalue weighted by atomic mass is 10.1. The fourth-order valence-electron chi connectivity index (χ4n) is 3.41.